The second kappa shape index (κ2) is 6.80. The predicted molar refractivity (Wildman–Crippen MR) is 63.7 cm³/mol. The van der Waals surface area contributed by atoms with Crippen molar-refractivity contribution in [3.63, 3.8) is 0 Å². The Bertz CT molecular complexity index is 261. The smallest absolute Gasteiger partial charge is 0.254 e. The number of hydrogen-bond acceptors (Lipinski definition) is 2. The molecule has 0 aliphatic carbocycles. The van der Waals surface area contributed by atoms with E-state index < -0.39 is 0 Å². The Labute approximate surface area is 97.0 Å². The van der Waals surface area contributed by atoms with E-state index in [1.807, 2.05) is 0 Å². The molecule has 1 aromatic heterocycles. The minimum absolute atomic E-state index is 0.0479. The van der Waals surface area contributed by atoms with Crippen LogP contribution in [0, 0.1) is 0 Å². The first kappa shape index (κ1) is 11.5. The Morgan fingerprint density at radius 1 is 1.50 bits per heavy atom. The first-order valence-electron chi connectivity index (χ1n) is 4.67. The van der Waals surface area contributed by atoms with Gasteiger partial charge in [-0.25, -0.2) is 0 Å². The summed E-state index contributed by atoms with van der Waals surface area (Å²) in [5.74, 6) is -0.0479. The first-order chi connectivity index (χ1) is 6.84. The number of unbranched alkanes of at least 4 members (excludes halogenated alkanes) is 2. The van der Waals surface area contributed by atoms with E-state index in [-0.39, 0.29) is 5.91 Å². The molecule has 0 radical (unpaired) electrons. The molecule has 0 saturated carbocycles. The number of hydrogen-bond donors (Lipinski definition) is 2. The molecule has 0 saturated heterocycles. The fourth-order valence-electron chi connectivity index (χ4n) is 1.08. The molecule has 0 atom stereocenters. The summed E-state index contributed by atoms with van der Waals surface area (Å²) in [6.45, 7) is 0.751. The Morgan fingerprint density at radius 2 is 2.36 bits per heavy atom. The number of nitrogens with one attached hydrogen (secondary N) is 2. The van der Waals surface area contributed by atoms with Crippen LogP contribution in [0.3, 0.4) is 0 Å². The molecular formula is C9H14IN3O. The summed E-state index contributed by atoms with van der Waals surface area (Å²) >= 11 is 2.36. The van der Waals surface area contributed by atoms with E-state index in [0.29, 0.717) is 5.56 Å². The van der Waals surface area contributed by atoms with Crippen LogP contribution < -0.4 is 5.32 Å². The van der Waals surface area contributed by atoms with Crippen molar-refractivity contribution < 1.29 is 4.79 Å². The summed E-state index contributed by atoms with van der Waals surface area (Å²) in [6.07, 6.45) is 6.57. The highest BCUT2D eigenvalue weighted by Crippen LogP contribution is 1.98. The van der Waals surface area contributed by atoms with Crippen molar-refractivity contribution in [3.05, 3.63) is 18.0 Å². The number of nitrogens with zero attached hydrogens (tertiary/aromatic N) is 1. The van der Waals surface area contributed by atoms with Crippen molar-refractivity contribution in [3.8, 4) is 0 Å². The average molecular weight is 307 g/mol. The van der Waals surface area contributed by atoms with E-state index in [4.69, 9.17) is 0 Å². The number of aromatic nitrogens is 2. The highest BCUT2D eigenvalue weighted by molar-refractivity contribution is 14.1. The Balaban J connectivity index is 2.10. The van der Waals surface area contributed by atoms with Crippen LogP contribution in [0.25, 0.3) is 0 Å². The van der Waals surface area contributed by atoms with Gasteiger partial charge in [-0.15, -0.1) is 0 Å². The highest BCUT2D eigenvalue weighted by Gasteiger charge is 2.04. The van der Waals surface area contributed by atoms with Crippen molar-refractivity contribution in [2.24, 2.45) is 0 Å². The van der Waals surface area contributed by atoms with Crippen LogP contribution in [0.2, 0.25) is 0 Å². The zero-order valence-electron chi connectivity index (χ0n) is 7.92. The molecule has 0 aromatic carbocycles. The minimum Gasteiger partial charge on any atom is -0.352 e. The van der Waals surface area contributed by atoms with E-state index in [0.717, 1.165) is 13.0 Å². The van der Waals surface area contributed by atoms with Crippen LogP contribution in [0.1, 0.15) is 29.6 Å². The highest BCUT2D eigenvalue weighted by atomic mass is 127. The molecule has 14 heavy (non-hydrogen) atoms. The summed E-state index contributed by atoms with van der Waals surface area (Å²) in [5, 5.41) is 9.17. The van der Waals surface area contributed by atoms with Gasteiger partial charge in [0.05, 0.1) is 11.8 Å². The first-order valence-corrected chi connectivity index (χ1v) is 6.20. The van der Waals surface area contributed by atoms with Gasteiger partial charge in [-0.2, -0.15) is 5.10 Å². The topological polar surface area (TPSA) is 57.8 Å². The zero-order chi connectivity index (χ0) is 10.2. The van der Waals surface area contributed by atoms with Gasteiger partial charge in [0.2, 0.25) is 0 Å². The number of amides is 1. The number of halogens is 1. The van der Waals surface area contributed by atoms with Gasteiger partial charge in [0.1, 0.15) is 0 Å². The average Bonchev–Trinajstić information content (AvgIpc) is 2.70. The van der Waals surface area contributed by atoms with Crippen LogP contribution in [0.4, 0.5) is 0 Å². The van der Waals surface area contributed by atoms with Crippen LogP contribution in [0.15, 0.2) is 12.4 Å². The van der Waals surface area contributed by atoms with Crippen molar-refractivity contribution in [2.45, 2.75) is 19.3 Å². The molecule has 2 N–H and O–H groups in total. The fourth-order valence-corrected chi connectivity index (χ4v) is 1.61. The van der Waals surface area contributed by atoms with E-state index in [1.165, 1.54) is 23.5 Å². The largest absolute Gasteiger partial charge is 0.352 e. The van der Waals surface area contributed by atoms with Crippen molar-refractivity contribution in [1.82, 2.24) is 15.5 Å². The Morgan fingerprint density at radius 3 is 3.00 bits per heavy atom. The van der Waals surface area contributed by atoms with Crippen molar-refractivity contribution in [2.75, 3.05) is 11.0 Å². The summed E-state index contributed by atoms with van der Waals surface area (Å²) in [5.41, 5.74) is 0.596. The van der Waals surface area contributed by atoms with Crippen LogP contribution in [-0.4, -0.2) is 27.1 Å². The van der Waals surface area contributed by atoms with Crippen molar-refractivity contribution >= 4 is 28.5 Å². The maximum absolute atomic E-state index is 11.4. The molecular weight excluding hydrogens is 293 g/mol. The summed E-state index contributed by atoms with van der Waals surface area (Å²) in [6, 6.07) is 0. The van der Waals surface area contributed by atoms with E-state index >= 15 is 0 Å². The summed E-state index contributed by atoms with van der Waals surface area (Å²) in [4.78, 5) is 11.4. The van der Waals surface area contributed by atoms with E-state index in [1.54, 1.807) is 6.20 Å². The van der Waals surface area contributed by atoms with Crippen LogP contribution >= 0.6 is 22.6 Å². The Hall–Kier alpha value is -0.590. The standard InChI is InChI=1S/C9H14IN3O/c10-4-2-1-3-5-11-9(14)8-6-12-13-7-8/h6-7H,1-5H2,(H,11,14)(H,12,13). The zero-order valence-corrected chi connectivity index (χ0v) is 10.1. The van der Waals surface area contributed by atoms with Crippen LogP contribution in [-0.2, 0) is 0 Å². The normalized spacial score (nSPS) is 10.1. The van der Waals surface area contributed by atoms with Gasteiger partial charge in [-0.05, 0) is 17.3 Å². The van der Waals surface area contributed by atoms with E-state index in [9.17, 15) is 4.79 Å². The van der Waals surface area contributed by atoms with Gasteiger partial charge in [0, 0.05) is 12.7 Å². The third-order valence-electron chi connectivity index (χ3n) is 1.86. The Kier molecular flexibility index (Phi) is 5.58. The van der Waals surface area contributed by atoms with Gasteiger partial charge in [0.25, 0.3) is 5.91 Å². The second-order valence-electron chi connectivity index (χ2n) is 2.99. The van der Waals surface area contributed by atoms with Gasteiger partial charge in [-0.1, -0.05) is 29.0 Å². The van der Waals surface area contributed by atoms with Gasteiger partial charge >= 0.3 is 0 Å². The molecule has 0 spiro atoms. The molecule has 0 aliphatic rings. The quantitative estimate of drug-likeness (QED) is 0.478. The molecule has 0 fully saturated rings. The lowest BCUT2D eigenvalue weighted by Gasteiger charge is -2.01. The van der Waals surface area contributed by atoms with Gasteiger partial charge in [-0.3, -0.25) is 9.89 Å². The lowest BCUT2D eigenvalue weighted by Crippen LogP contribution is -2.23. The molecule has 0 aliphatic heterocycles. The number of aromatic amines is 1. The monoisotopic (exact) mass is 307 g/mol. The van der Waals surface area contributed by atoms with Crippen molar-refractivity contribution in [1.29, 1.82) is 0 Å². The fraction of sp³-hybridized carbons (Fsp3) is 0.556. The second-order valence-corrected chi connectivity index (χ2v) is 4.07. The third-order valence-corrected chi connectivity index (χ3v) is 2.62. The number of carbonyl (C=O) groups is 1. The van der Waals surface area contributed by atoms with E-state index in [2.05, 4.69) is 38.1 Å². The third kappa shape index (κ3) is 4.08. The number of rotatable bonds is 6. The maximum Gasteiger partial charge on any atom is 0.254 e. The maximum atomic E-state index is 11.4. The molecule has 4 nitrogen and oxygen atoms in total. The SMILES string of the molecule is O=C(NCCCCCI)c1cn[nH]c1. The van der Waals surface area contributed by atoms with Gasteiger partial charge in [0.15, 0.2) is 0 Å². The molecule has 0 bridgehead atoms. The predicted octanol–water partition coefficient (Wildman–Crippen LogP) is 1.74. The minimum atomic E-state index is -0.0479. The lowest BCUT2D eigenvalue weighted by atomic mass is 10.2. The number of H-pyrrole nitrogens is 1. The molecule has 1 rings (SSSR count). The molecule has 0 unspecified atom stereocenters. The number of alkyl halides is 1. The van der Waals surface area contributed by atoms with Crippen LogP contribution in [0.5, 0.6) is 0 Å². The lowest BCUT2D eigenvalue weighted by molar-refractivity contribution is 0.0953. The molecule has 5 heteroatoms. The molecule has 1 amide bonds. The summed E-state index contributed by atoms with van der Waals surface area (Å²) < 4.78 is 1.19. The van der Waals surface area contributed by atoms with Gasteiger partial charge < -0.3 is 5.32 Å². The molecule has 1 aromatic rings. The number of carbonyl (C=O) groups excluding carboxylic acids is 1. The summed E-state index contributed by atoms with van der Waals surface area (Å²) in [7, 11) is 0. The molecule has 1 heterocycles. The molecule has 78 valence electrons.